The van der Waals surface area contributed by atoms with Gasteiger partial charge >= 0.3 is 6.18 Å². The van der Waals surface area contributed by atoms with Gasteiger partial charge in [0.2, 0.25) is 11.8 Å². The van der Waals surface area contributed by atoms with Crippen LogP contribution in [-0.4, -0.2) is 16.8 Å². The Labute approximate surface area is 202 Å². The molecular weight excluding hydrogens is 479 g/mol. The van der Waals surface area contributed by atoms with Crippen molar-refractivity contribution in [3.8, 4) is 0 Å². The van der Waals surface area contributed by atoms with Crippen LogP contribution in [-0.2, 0) is 15.8 Å². The second-order valence-corrected chi connectivity index (χ2v) is 8.54. The Morgan fingerprint density at radius 1 is 1.14 bits per heavy atom. The highest BCUT2D eigenvalue weighted by Crippen LogP contribution is 2.35. The largest absolute Gasteiger partial charge is 0.459 e. The van der Waals surface area contributed by atoms with Gasteiger partial charge in [-0.25, -0.2) is 4.98 Å². The van der Waals surface area contributed by atoms with Crippen molar-refractivity contribution in [3.05, 3.63) is 83.1 Å². The maximum absolute atomic E-state index is 13.1. The van der Waals surface area contributed by atoms with E-state index in [0.29, 0.717) is 11.5 Å². The van der Waals surface area contributed by atoms with Crippen molar-refractivity contribution in [2.45, 2.75) is 26.1 Å². The van der Waals surface area contributed by atoms with Gasteiger partial charge in [-0.1, -0.05) is 24.3 Å². The van der Waals surface area contributed by atoms with Gasteiger partial charge in [-0.3, -0.25) is 14.5 Å². The van der Waals surface area contributed by atoms with Gasteiger partial charge in [0.1, 0.15) is 11.3 Å². The average Bonchev–Trinajstić information content (AvgIpc) is 3.44. The lowest BCUT2D eigenvalue weighted by atomic mass is 10.2. The first-order valence-electron chi connectivity index (χ1n) is 10.5. The summed E-state index contributed by atoms with van der Waals surface area (Å²) in [5.74, 6) is -0.262. The Bertz CT molecular complexity index is 1370. The molecule has 0 aliphatic heterocycles. The summed E-state index contributed by atoms with van der Waals surface area (Å²) in [4.78, 5) is 30.0. The van der Waals surface area contributed by atoms with E-state index in [9.17, 15) is 22.8 Å². The minimum Gasteiger partial charge on any atom is -0.459 e. The van der Waals surface area contributed by atoms with E-state index in [1.807, 2.05) is 30.3 Å². The Hall–Kier alpha value is -3.92. The predicted octanol–water partition coefficient (Wildman–Crippen LogP) is 6.48. The first-order valence-corrected chi connectivity index (χ1v) is 11.4. The molecule has 35 heavy (non-hydrogen) atoms. The lowest BCUT2D eigenvalue weighted by Gasteiger charge is -2.19. The number of anilines is 2. The van der Waals surface area contributed by atoms with Crippen molar-refractivity contribution in [2.24, 2.45) is 0 Å². The minimum atomic E-state index is -4.54. The van der Waals surface area contributed by atoms with Gasteiger partial charge in [-0.15, -0.1) is 11.3 Å². The number of fused-ring (bicyclic) bond motifs is 1. The molecule has 6 nitrogen and oxygen atoms in total. The highest BCUT2D eigenvalue weighted by molar-refractivity contribution is 7.14. The molecule has 0 aliphatic rings. The standard InChI is InChI=1S/C25H20F3N3O3S/c1-15(22-12-17-6-3-4-9-21(17)34-22)29-23(33)11-10-19-14-35-24(30-19)31(16(2)32)20-8-5-7-18(13-20)25(26,27)28/h3-15H,1-2H3,(H,29,33)/b11-10+. The monoisotopic (exact) mass is 499 g/mol. The summed E-state index contributed by atoms with van der Waals surface area (Å²) in [5.41, 5.74) is 0.294. The third kappa shape index (κ3) is 5.60. The molecule has 2 aromatic heterocycles. The summed E-state index contributed by atoms with van der Waals surface area (Å²) in [7, 11) is 0. The van der Waals surface area contributed by atoms with Crippen LogP contribution in [0.15, 0.2) is 70.5 Å². The molecule has 0 bridgehead atoms. The number of furan rings is 1. The van der Waals surface area contributed by atoms with E-state index in [4.69, 9.17) is 4.42 Å². The van der Waals surface area contributed by atoms with E-state index in [-0.39, 0.29) is 22.8 Å². The van der Waals surface area contributed by atoms with Crippen LogP contribution in [0.2, 0.25) is 0 Å². The molecule has 1 unspecified atom stereocenters. The van der Waals surface area contributed by atoms with E-state index in [0.717, 1.165) is 39.3 Å². The second-order valence-electron chi connectivity index (χ2n) is 7.71. The van der Waals surface area contributed by atoms with Crippen LogP contribution in [0.25, 0.3) is 17.0 Å². The summed E-state index contributed by atoms with van der Waals surface area (Å²) < 4.78 is 45.1. The average molecular weight is 500 g/mol. The van der Waals surface area contributed by atoms with Crippen molar-refractivity contribution in [1.29, 1.82) is 0 Å². The van der Waals surface area contributed by atoms with Crippen LogP contribution in [0.1, 0.15) is 36.9 Å². The van der Waals surface area contributed by atoms with Crippen LogP contribution < -0.4 is 10.2 Å². The number of halogens is 3. The number of carbonyl (C=O) groups excluding carboxylic acids is 2. The molecule has 1 atom stereocenters. The van der Waals surface area contributed by atoms with E-state index >= 15 is 0 Å². The summed E-state index contributed by atoms with van der Waals surface area (Å²) in [6, 6.07) is 13.5. The molecule has 10 heteroatoms. The van der Waals surface area contributed by atoms with Crippen LogP contribution in [0, 0.1) is 0 Å². The number of para-hydroxylation sites is 1. The highest BCUT2D eigenvalue weighted by atomic mass is 32.1. The van der Waals surface area contributed by atoms with E-state index in [1.54, 1.807) is 12.3 Å². The van der Waals surface area contributed by atoms with Crippen molar-refractivity contribution in [1.82, 2.24) is 10.3 Å². The molecule has 1 N–H and O–H groups in total. The van der Waals surface area contributed by atoms with Crippen LogP contribution >= 0.6 is 11.3 Å². The molecule has 2 aromatic carbocycles. The maximum atomic E-state index is 13.1. The zero-order valence-electron chi connectivity index (χ0n) is 18.7. The Morgan fingerprint density at radius 2 is 1.91 bits per heavy atom. The smallest absolute Gasteiger partial charge is 0.416 e. The van der Waals surface area contributed by atoms with Gasteiger partial charge < -0.3 is 9.73 Å². The zero-order valence-corrected chi connectivity index (χ0v) is 19.5. The number of alkyl halides is 3. The number of rotatable bonds is 6. The molecule has 2 amide bonds. The van der Waals surface area contributed by atoms with Crippen molar-refractivity contribution in [3.63, 3.8) is 0 Å². The predicted molar refractivity (Wildman–Crippen MR) is 128 cm³/mol. The molecule has 2 heterocycles. The van der Waals surface area contributed by atoms with Gasteiger partial charge in [0.25, 0.3) is 0 Å². The number of thiazole rings is 1. The summed E-state index contributed by atoms with van der Waals surface area (Å²) in [5, 5.41) is 5.53. The van der Waals surface area contributed by atoms with Crippen molar-refractivity contribution < 1.29 is 27.2 Å². The molecule has 4 aromatic rings. The number of nitrogens with one attached hydrogen (secondary N) is 1. The third-order valence-electron chi connectivity index (χ3n) is 5.08. The molecule has 0 fully saturated rings. The second kappa shape index (κ2) is 9.75. The summed E-state index contributed by atoms with van der Waals surface area (Å²) >= 11 is 1.07. The SMILES string of the molecule is CC(=O)N(c1cccc(C(F)(F)F)c1)c1nc(/C=C/C(=O)NC(C)c2cc3ccccc3o2)cs1. The molecule has 180 valence electrons. The van der Waals surface area contributed by atoms with E-state index in [1.165, 1.54) is 31.2 Å². The number of benzene rings is 2. The molecule has 0 saturated heterocycles. The fourth-order valence-electron chi connectivity index (χ4n) is 3.41. The Balaban J connectivity index is 1.46. The quantitative estimate of drug-likeness (QED) is 0.308. The normalized spacial score (nSPS) is 12.7. The number of aromatic nitrogens is 1. The number of hydrogen-bond donors (Lipinski definition) is 1. The first kappa shape index (κ1) is 24.2. The molecule has 0 spiro atoms. The Morgan fingerprint density at radius 3 is 2.63 bits per heavy atom. The molecule has 4 rings (SSSR count). The number of hydrogen-bond acceptors (Lipinski definition) is 5. The van der Waals surface area contributed by atoms with Crippen LogP contribution in [0.4, 0.5) is 24.0 Å². The molecule has 0 saturated carbocycles. The van der Waals surface area contributed by atoms with Crippen molar-refractivity contribution >= 4 is 51.0 Å². The van der Waals surface area contributed by atoms with E-state index < -0.39 is 17.6 Å². The van der Waals surface area contributed by atoms with Gasteiger partial charge in [0, 0.05) is 23.8 Å². The highest BCUT2D eigenvalue weighted by Gasteiger charge is 2.31. The summed E-state index contributed by atoms with van der Waals surface area (Å²) in [6.45, 7) is 3.04. The van der Waals surface area contributed by atoms with Gasteiger partial charge in [-0.05, 0) is 43.3 Å². The van der Waals surface area contributed by atoms with Gasteiger partial charge in [0.05, 0.1) is 23.0 Å². The lowest BCUT2D eigenvalue weighted by molar-refractivity contribution is -0.137. The van der Waals surface area contributed by atoms with E-state index in [2.05, 4.69) is 10.3 Å². The summed E-state index contributed by atoms with van der Waals surface area (Å²) in [6.07, 6.45) is -1.78. The van der Waals surface area contributed by atoms with Gasteiger partial charge in [0.15, 0.2) is 5.13 Å². The fourth-order valence-corrected chi connectivity index (χ4v) is 4.27. The molecular formula is C25H20F3N3O3S. The number of carbonyl (C=O) groups is 2. The molecule has 0 aliphatic carbocycles. The minimum absolute atomic E-state index is 0.0506. The number of nitrogens with zero attached hydrogens (tertiary/aromatic N) is 2. The fraction of sp³-hybridized carbons (Fsp3) is 0.160. The van der Waals surface area contributed by atoms with Crippen LogP contribution in [0.5, 0.6) is 0 Å². The maximum Gasteiger partial charge on any atom is 0.416 e. The van der Waals surface area contributed by atoms with Crippen LogP contribution in [0.3, 0.4) is 0 Å². The molecule has 0 radical (unpaired) electrons. The lowest BCUT2D eigenvalue weighted by Crippen LogP contribution is -2.24. The topological polar surface area (TPSA) is 75.4 Å². The Kier molecular flexibility index (Phi) is 6.74. The first-order chi connectivity index (χ1) is 16.6. The van der Waals surface area contributed by atoms with Crippen molar-refractivity contribution in [2.75, 3.05) is 4.90 Å². The number of amides is 2. The third-order valence-corrected chi connectivity index (χ3v) is 5.93. The zero-order chi connectivity index (χ0) is 25.2. The van der Waals surface area contributed by atoms with Gasteiger partial charge in [-0.2, -0.15) is 13.2 Å².